The van der Waals surface area contributed by atoms with Crippen LogP contribution in [0.15, 0.2) is 0 Å². The maximum atomic E-state index is 11.7. The maximum Gasteiger partial charge on any atom is 0.224 e. The maximum absolute atomic E-state index is 11.7. The van der Waals surface area contributed by atoms with E-state index in [4.69, 9.17) is 10.5 Å². The van der Waals surface area contributed by atoms with E-state index in [0.29, 0.717) is 26.0 Å². The lowest BCUT2D eigenvalue weighted by atomic mass is 9.96. The molecule has 0 aliphatic carbocycles. The Morgan fingerprint density at radius 1 is 1.75 bits per heavy atom. The number of aliphatic hydroxyl groups is 1. The molecule has 1 fully saturated rings. The summed E-state index contributed by atoms with van der Waals surface area (Å²) in [6.07, 6.45) is 1.05. The minimum Gasteiger partial charge on any atom is -0.385 e. The van der Waals surface area contributed by atoms with Gasteiger partial charge in [-0.25, -0.2) is 0 Å². The summed E-state index contributed by atoms with van der Waals surface area (Å²) in [7, 11) is 0. The number of ether oxygens (including phenoxy) is 1. The molecule has 0 aromatic rings. The van der Waals surface area contributed by atoms with Crippen LogP contribution in [0.25, 0.3) is 0 Å². The van der Waals surface area contributed by atoms with E-state index in [1.54, 1.807) is 0 Å². The monoisotopic (exact) mass is 230 g/mol. The molecular formula is C11H22N2O3. The van der Waals surface area contributed by atoms with E-state index >= 15 is 0 Å². The number of hydrogen-bond acceptors (Lipinski definition) is 4. The number of carbonyl (C=O) groups excluding carboxylic acids is 1. The highest BCUT2D eigenvalue weighted by Gasteiger charge is 2.39. The first-order valence-electron chi connectivity index (χ1n) is 5.85. The molecule has 1 saturated heterocycles. The molecule has 3 atom stereocenters. The van der Waals surface area contributed by atoms with Crippen molar-refractivity contribution in [3.05, 3.63) is 0 Å². The summed E-state index contributed by atoms with van der Waals surface area (Å²) in [5.74, 6) is -0.251. The fraction of sp³-hybridized carbons (Fsp3) is 0.909. The van der Waals surface area contributed by atoms with Gasteiger partial charge >= 0.3 is 0 Å². The Balaban J connectivity index is 2.42. The molecule has 5 heteroatoms. The lowest BCUT2D eigenvalue weighted by Gasteiger charge is -2.27. The van der Waals surface area contributed by atoms with E-state index in [-0.39, 0.29) is 24.5 Å². The first-order valence-corrected chi connectivity index (χ1v) is 5.85. The van der Waals surface area contributed by atoms with Crippen LogP contribution in [-0.2, 0) is 9.53 Å². The van der Waals surface area contributed by atoms with E-state index in [1.807, 2.05) is 13.8 Å². The summed E-state index contributed by atoms with van der Waals surface area (Å²) < 4.78 is 5.29. The summed E-state index contributed by atoms with van der Waals surface area (Å²) in [6, 6.07) is 0. The van der Waals surface area contributed by atoms with Crippen LogP contribution in [-0.4, -0.2) is 42.4 Å². The Morgan fingerprint density at radius 3 is 2.88 bits per heavy atom. The van der Waals surface area contributed by atoms with E-state index in [2.05, 4.69) is 5.32 Å². The zero-order valence-corrected chi connectivity index (χ0v) is 10.0. The summed E-state index contributed by atoms with van der Waals surface area (Å²) in [5.41, 5.74) is 4.55. The minimum absolute atomic E-state index is 0.0856. The molecule has 94 valence electrons. The summed E-state index contributed by atoms with van der Waals surface area (Å²) in [6.45, 7) is 4.87. The normalized spacial score (nSPS) is 31.4. The largest absolute Gasteiger partial charge is 0.385 e. The molecule has 0 bridgehead atoms. The van der Waals surface area contributed by atoms with Crippen LogP contribution in [0.5, 0.6) is 0 Å². The third-order valence-electron chi connectivity index (χ3n) is 3.38. The third kappa shape index (κ3) is 2.93. The number of amides is 1. The second-order valence-corrected chi connectivity index (χ2v) is 4.43. The van der Waals surface area contributed by atoms with Gasteiger partial charge in [0.25, 0.3) is 0 Å². The highest BCUT2D eigenvalue weighted by molar-refractivity contribution is 5.78. The molecule has 0 aromatic carbocycles. The molecule has 1 aliphatic heterocycles. The van der Waals surface area contributed by atoms with Gasteiger partial charge in [0.2, 0.25) is 5.91 Å². The highest BCUT2D eigenvalue weighted by atomic mass is 16.5. The Bertz CT molecular complexity index is 243. The van der Waals surface area contributed by atoms with Crippen LogP contribution in [0.1, 0.15) is 26.7 Å². The third-order valence-corrected chi connectivity index (χ3v) is 3.38. The lowest BCUT2D eigenvalue weighted by molar-refractivity contribution is -0.126. The molecule has 1 aliphatic rings. The summed E-state index contributed by atoms with van der Waals surface area (Å²) in [5, 5.41) is 12.9. The van der Waals surface area contributed by atoms with Gasteiger partial charge in [-0.3, -0.25) is 4.79 Å². The molecule has 1 rings (SSSR count). The zero-order valence-electron chi connectivity index (χ0n) is 10.0. The van der Waals surface area contributed by atoms with Crippen molar-refractivity contribution in [3.63, 3.8) is 0 Å². The zero-order chi connectivity index (χ0) is 12.2. The Morgan fingerprint density at radius 2 is 2.44 bits per heavy atom. The number of nitrogens with two attached hydrogens (primary N) is 1. The first kappa shape index (κ1) is 13.4. The van der Waals surface area contributed by atoms with Gasteiger partial charge in [0.15, 0.2) is 0 Å². The van der Waals surface area contributed by atoms with E-state index in [0.717, 1.165) is 0 Å². The number of hydrogen-bond donors (Lipinski definition) is 3. The van der Waals surface area contributed by atoms with Crippen molar-refractivity contribution < 1.29 is 14.6 Å². The van der Waals surface area contributed by atoms with Crippen LogP contribution in [0.2, 0.25) is 0 Å². The van der Waals surface area contributed by atoms with Crippen molar-refractivity contribution in [2.75, 3.05) is 19.7 Å². The quantitative estimate of drug-likeness (QED) is 0.601. The number of nitrogens with one attached hydrogen (secondary N) is 1. The van der Waals surface area contributed by atoms with Crippen LogP contribution in [0.4, 0.5) is 0 Å². The standard InChI is InChI=1S/C11H22N2O3/c1-3-9(6-12)10(14)13-7-11(15)4-5-16-8(11)2/h8-9,15H,3-7,12H2,1-2H3,(H,13,14). The molecule has 4 N–H and O–H groups in total. The second kappa shape index (κ2) is 5.61. The van der Waals surface area contributed by atoms with E-state index < -0.39 is 5.60 Å². The smallest absolute Gasteiger partial charge is 0.224 e. The van der Waals surface area contributed by atoms with E-state index in [9.17, 15) is 9.90 Å². The van der Waals surface area contributed by atoms with Crippen molar-refractivity contribution in [2.24, 2.45) is 11.7 Å². The molecule has 0 aromatic heterocycles. The predicted octanol–water partition coefficient (Wildman–Crippen LogP) is -0.373. The average Bonchev–Trinajstić information content (AvgIpc) is 2.59. The summed E-state index contributed by atoms with van der Waals surface area (Å²) in [4.78, 5) is 11.7. The van der Waals surface area contributed by atoms with Gasteiger partial charge in [0.1, 0.15) is 5.60 Å². The molecule has 1 amide bonds. The van der Waals surface area contributed by atoms with Gasteiger partial charge in [-0.15, -0.1) is 0 Å². The molecule has 0 saturated carbocycles. The van der Waals surface area contributed by atoms with Crippen molar-refractivity contribution in [1.82, 2.24) is 5.32 Å². The molecule has 1 heterocycles. The summed E-state index contributed by atoms with van der Waals surface area (Å²) >= 11 is 0. The minimum atomic E-state index is -0.928. The first-order chi connectivity index (χ1) is 7.53. The van der Waals surface area contributed by atoms with Crippen LogP contribution < -0.4 is 11.1 Å². The highest BCUT2D eigenvalue weighted by Crippen LogP contribution is 2.24. The number of rotatable bonds is 5. The van der Waals surface area contributed by atoms with Gasteiger partial charge in [-0.1, -0.05) is 6.92 Å². The Labute approximate surface area is 96.3 Å². The van der Waals surface area contributed by atoms with E-state index in [1.165, 1.54) is 0 Å². The van der Waals surface area contributed by atoms with Crippen molar-refractivity contribution in [1.29, 1.82) is 0 Å². The SMILES string of the molecule is CCC(CN)C(=O)NCC1(O)CCOC1C. The van der Waals surface area contributed by atoms with Gasteiger partial charge in [-0.05, 0) is 13.3 Å². The topological polar surface area (TPSA) is 84.6 Å². The fourth-order valence-electron chi connectivity index (χ4n) is 1.85. The van der Waals surface area contributed by atoms with Crippen molar-refractivity contribution in [3.8, 4) is 0 Å². The van der Waals surface area contributed by atoms with Crippen LogP contribution in [0.3, 0.4) is 0 Å². The molecule has 0 spiro atoms. The molecular weight excluding hydrogens is 208 g/mol. The second-order valence-electron chi connectivity index (χ2n) is 4.43. The Kier molecular flexibility index (Phi) is 4.70. The predicted molar refractivity (Wildman–Crippen MR) is 60.8 cm³/mol. The van der Waals surface area contributed by atoms with Gasteiger partial charge in [0, 0.05) is 32.0 Å². The fourth-order valence-corrected chi connectivity index (χ4v) is 1.85. The lowest BCUT2D eigenvalue weighted by Crippen LogP contribution is -2.49. The molecule has 0 radical (unpaired) electrons. The molecule has 5 nitrogen and oxygen atoms in total. The van der Waals surface area contributed by atoms with Crippen LogP contribution in [0, 0.1) is 5.92 Å². The van der Waals surface area contributed by atoms with Crippen molar-refractivity contribution >= 4 is 5.91 Å². The molecule has 16 heavy (non-hydrogen) atoms. The average molecular weight is 230 g/mol. The van der Waals surface area contributed by atoms with Gasteiger partial charge < -0.3 is 20.9 Å². The van der Waals surface area contributed by atoms with Gasteiger partial charge in [0.05, 0.1) is 6.10 Å². The molecule has 3 unspecified atom stereocenters. The number of carbonyl (C=O) groups is 1. The van der Waals surface area contributed by atoms with Gasteiger partial charge in [-0.2, -0.15) is 0 Å². The van der Waals surface area contributed by atoms with Crippen molar-refractivity contribution in [2.45, 2.75) is 38.4 Å². The van der Waals surface area contributed by atoms with Crippen LogP contribution >= 0.6 is 0 Å². The Hall–Kier alpha value is -0.650.